The van der Waals surface area contributed by atoms with E-state index < -0.39 is 17.8 Å². The van der Waals surface area contributed by atoms with Gasteiger partial charge in [0.1, 0.15) is 16.6 Å². The topological polar surface area (TPSA) is 81.6 Å². The van der Waals surface area contributed by atoms with Crippen LogP contribution in [0.25, 0.3) is 0 Å². The molecule has 0 radical (unpaired) electrons. The minimum atomic E-state index is -1.39. The second kappa shape index (κ2) is 6.12. The molecule has 2 bridgehead atoms. The second-order valence-electron chi connectivity index (χ2n) is 6.08. The zero-order valence-electron chi connectivity index (χ0n) is 13.1. The third kappa shape index (κ3) is 2.46. The van der Waals surface area contributed by atoms with E-state index in [4.69, 9.17) is 9.47 Å². The highest BCUT2D eigenvalue weighted by Gasteiger charge is 2.65. The first-order valence-electron chi connectivity index (χ1n) is 7.98. The lowest BCUT2D eigenvalue weighted by atomic mass is 9.86. The molecule has 1 aromatic heterocycles. The van der Waals surface area contributed by atoms with Crippen LogP contribution in [0.3, 0.4) is 0 Å². The lowest BCUT2D eigenvalue weighted by molar-refractivity contribution is -0.281. The highest BCUT2D eigenvalue weighted by molar-refractivity contribution is 7.99. The van der Waals surface area contributed by atoms with Gasteiger partial charge in [-0.05, 0) is 24.5 Å². The van der Waals surface area contributed by atoms with Gasteiger partial charge in [-0.2, -0.15) is 8.75 Å². The van der Waals surface area contributed by atoms with Crippen LogP contribution < -0.4 is 0 Å². The van der Waals surface area contributed by atoms with E-state index >= 15 is 0 Å². The van der Waals surface area contributed by atoms with Gasteiger partial charge < -0.3 is 9.47 Å². The molecule has 3 aliphatic heterocycles. The molecule has 3 aliphatic rings. The number of aromatic nitrogens is 2. The molecule has 3 atom stereocenters. The van der Waals surface area contributed by atoms with Gasteiger partial charge in [0, 0.05) is 25.2 Å². The third-order valence-corrected chi connectivity index (χ3v) is 6.44. The van der Waals surface area contributed by atoms with Gasteiger partial charge >= 0.3 is 17.8 Å². The molecule has 0 saturated carbocycles. The van der Waals surface area contributed by atoms with E-state index in [1.54, 1.807) is 11.8 Å². The Morgan fingerprint density at radius 1 is 1.33 bits per heavy atom. The summed E-state index contributed by atoms with van der Waals surface area (Å²) in [5.74, 6) is -1.65. The first-order chi connectivity index (χ1) is 11.6. The Balaban J connectivity index is 1.74. The molecule has 4 rings (SSSR count). The molecule has 0 N–H and O–H groups in total. The molecule has 4 heterocycles. The van der Waals surface area contributed by atoms with E-state index in [2.05, 4.69) is 15.7 Å². The molecular weight excluding hydrogens is 350 g/mol. The van der Waals surface area contributed by atoms with E-state index in [1.165, 1.54) is 0 Å². The van der Waals surface area contributed by atoms with Gasteiger partial charge in [0.15, 0.2) is 0 Å². The van der Waals surface area contributed by atoms with Crippen molar-refractivity contribution in [3.8, 4) is 0 Å². The van der Waals surface area contributed by atoms with E-state index in [0.717, 1.165) is 66.3 Å². The lowest BCUT2D eigenvalue weighted by Crippen LogP contribution is -2.55. The normalized spacial score (nSPS) is 30.5. The smallest absolute Gasteiger partial charge is 0.335 e. The fourth-order valence-corrected chi connectivity index (χ4v) is 5.26. The van der Waals surface area contributed by atoms with E-state index in [9.17, 15) is 9.59 Å². The Bertz CT molecular complexity index is 685. The van der Waals surface area contributed by atoms with Gasteiger partial charge in [0.2, 0.25) is 0 Å². The quantitative estimate of drug-likeness (QED) is 0.588. The largest absolute Gasteiger partial charge is 0.404 e. The SMILES string of the molecule is CCCSc1nsnc1C1C2CCN(C2)C12OC(=O)C=CC(=O)O2. The molecule has 128 valence electrons. The minimum Gasteiger partial charge on any atom is -0.404 e. The highest BCUT2D eigenvalue weighted by atomic mass is 32.2. The fraction of sp³-hybridized carbons (Fsp3) is 0.600. The summed E-state index contributed by atoms with van der Waals surface area (Å²) < 4.78 is 20.2. The van der Waals surface area contributed by atoms with Gasteiger partial charge in [0.05, 0.1) is 11.7 Å². The Morgan fingerprint density at radius 2 is 2.08 bits per heavy atom. The van der Waals surface area contributed by atoms with Crippen LogP contribution in [0.15, 0.2) is 17.2 Å². The van der Waals surface area contributed by atoms with Crippen LogP contribution in [0.4, 0.5) is 0 Å². The number of carbonyl (C=O) groups excluding carboxylic acids is 2. The van der Waals surface area contributed by atoms with Crippen molar-refractivity contribution in [3.05, 3.63) is 17.8 Å². The molecule has 0 aliphatic carbocycles. The van der Waals surface area contributed by atoms with Gasteiger partial charge in [0.25, 0.3) is 0 Å². The van der Waals surface area contributed by atoms with Gasteiger partial charge in [-0.15, -0.1) is 11.8 Å². The summed E-state index contributed by atoms with van der Waals surface area (Å²) in [6.07, 6.45) is 4.23. The monoisotopic (exact) mass is 367 g/mol. The predicted molar refractivity (Wildman–Crippen MR) is 87.4 cm³/mol. The molecule has 1 aromatic rings. The maximum atomic E-state index is 12.0. The number of piperidine rings is 1. The van der Waals surface area contributed by atoms with Crippen molar-refractivity contribution in [2.24, 2.45) is 5.92 Å². The number of hydrogen-bond acceptors (Lipinski definition) is 9. The number of esters is 2. The van der Waals surface area contributed by atoms with Crippen molar-refractivity contribution in [2.75, 3.05) is 18.8 Å². The van der Waals surface area contributed by atoms with Gasteiger partial charge in [-0.25, -0.2) is 14.5 Å². The molecule has 2 fully saturated rings. The number of nitrogens with zero attached hydrogens (tertiary/aromatic N) is 3. The van der Waals surface area contributed by atoms with E-state index in [0.29, 0.717) is 0 Å². The highest BCUT2D eigenvalue weighted by Crippen LogP contribution is 2.54. The number of rotatable bonds is 4. The van der Waals surface area contributed by atoms with Crippen molar-refractivity contribution >= 4 is 35.4 Å². The zero-order valence-corrected chi connectivity index (χ0v) is 14.8. The summed E-state index contributed by atoms with van der Waals surface area (Å²) in [5, 5.41) is 0.851. The minimum absolute atomic E-state index is 0.230. The van der Waals surface area contributed by atoms with Crippen LogP contribution in [0.5, 0.6) is 0 Å². The zero-order chi connectivity index (χ0) is 16.7. The number of fused-ring (bicyclic) bond motifs is 3. The first kappa shape index (κ1) is 16.0. The summed E-state index contributed by atoms with van der Waals surface area (Å²) in [6.45, 7) is 3.56. The van der Waals surface area contributed by atoms with E-state index in [-0.39, 0.29) is 11.8 Å². The molecule has 0 amide bonds. The molecule has 1 spiro atoms. The van der Waals surface area contributed by atoms with Crippen LogP contribution in [0.2, 0.25) is 0 Å². The molecule has 3 unspecified atom stereocenters. The van der Waals surface area contributed by atoms with Crippen LogP contribution >= 0.6 is 23.5 Å². The molecule has 0 aromatic carbocycles. The lowest BCUT2D eigenvalue weighted by Gasteiger charge is -2.40. The molecule has 2 saturated heterocycles. The van der Waals surface area contributed by atoms with E-state index in [1.807, 2.05) is 4.90 Å². The number of carbonyl (C=O) groups is 2. The number of hydrogen-bond donors (Lipinski definition) is 0. The number of ether oxygens (including phenoxy) is 2. The Labute approximate surface area is 147 Å². The average Bonchev–Trinajstić information content (AvgIpc) is 3.23. The summed E-state index contributed by atoms with van der Waals surface area (Å²) in [6, 6.07) is 0. The van der Waals surface area contributed by atoms with Crippen molar-refractivity contribution in [1.29, 1.82) is 0 Å². The maximum absolute atomic E-state index is 12.0. The van der Waals surface area contributed by atoms with Crippen LogP contribution in [0, 0.1) is 5.92 Å². The third-order valence-electron chi connectivity index (χ3n) is 4.60. The second-order valence-corrected chi connectivity index (χ2v) is 7.69. The average molecular weight is 367 g/mol. The summed E-state index contributed by atoms with van der Waals surface area (Å²) in [7, 11) is 0. The van der Waals surface area contributed by atoms with Crippen LogP contribution in [-0.4, -0.2) is 50.3 Å². The summed E-state index contributed by atoms with van der Waals surface area (Å²) in [5.41, 5.74) is 0.785. The Hall–Kier alpha value is -1.45. The Kier molecular flexibility index (Phi) is 4.09. The van der Waals surface area contributed by atoms with Crippen molar-refractivity contribution in [1.82, 2.24) is 13.6 Å². The first-order valence-corrected chi connectivity index (χ1v) is 9.70. The van der Waals surface area contributed by atoms with Crippen LogP contribution in [0.1, 0.15) is 31.4 Å². The Morgan fingerprint density at radius 3 is 2.79 bits per heavy atom. The molecule has 9 heteroatoms. The van der Waals surface area contributed by atoms with Crippen LogP contribution in [-0.2, 0) is 19.1 Å². The molecule has 24 heavy (non-hydrogen) atoms. The van der Waals surface area contributed by atoms with Gasteiger partial charge in [-0.1, -0.05) is 6.92 Å². The predicted octanol–water partition coefficient (Wildman–Crippen LogP) is 1.77. The summed E-state index contributed by atoms with van der Waals surface area (Å²) in [4.78, 5) is 26.0. The fourth-order valence-electron chi connectivity index (χ4n) is 3.68. The maximum Gasteiger partial charge on any atom is 0.335 e. The number of thioether (sulfide) groups is 1. The molecule has 7 nitrogen and oxygen atoms in total. The molecular formula is C15H17N3O4S2. The van der Waals surface area contributed by atoms with Crippen molar-refractivity contribution in [3.63, 3.8) is 0 Å². The van der Waals surface area contributed by atoms with Crippen molar-refractivity contribution in [2.45, 2.75) is 36.6 Å². The van der Waals surface area contributed by atoms with Crippen molar-refractivity contribution < 1.29 is 19.1 Å². The standard InChI is InChI=1S/C15H17N3O4S2/c1-2-7-23-14-13(16-24-17-14)12-9-5-6-18(8-9)15(12)21-10(19)3-4-11(20)22-15/h3-4,9,12H,2,5-8H2,1H3. The van der Waals surface area contributed by atoms with Gasteiger partial charge in [-0.3, -0.25) is 0 Å². The summed E-state index contributed by atoms with van der Waals surface area (Å²) >= 11 is 2.79.